The fourth-order valence-electron chi connectivity index (χ4n) is 2.72. The number of nitrogens with zero attached hydrogens (tertiary/aromatic N) is 1. The lowest BCUT2D eigenvalue weighted by atomic mass is 9.98. The highest BCUT2D eigenvalue weighted by atomic mass is 19.1. The summed E-state index contributed by atoms with van der Waals surface area (Å²) in [6.07, 6.45) is 0. The van der Waals surface area contributed by atoms with E-state index in [2.05, 4.69) is 4.74 Å². The molecule has 0 spiro atoms. The molecule has 0 aliphatic carbocycles. The Morgan fingerprint density at radius 1 is 1.27 bits per heavy atom. The molecule has 0 saturated heterocycles. The Kier molecular flexibility index (Phi) is 4.69. The van der Waals surface area contributed by atoms with Crippen LogP contribution in [-0.4, -0.2) is 13.9 Å². The van der Waals surface area contributed by atoms with Crippen molar-refractivity contribution in [2.75, 3.05) is 13.9 Å². The summed E-state index contributed by atoms with van der Waals surface area (Å²) in [5.41, 5.74) is 0.0506. The molecule has 0 saturated carbocycles. The lowest BCUT2D eigenvalue weighted by Gasteiger charge is -2.12. The fourth-order valence-corrected chi connectivity index (χ4v) is 2.72. The van der Waals surface area contributed by atoms with Crippen molar-refractivity contribution in [3.8, 4) is 22.9 Å². The first kappa shape index (κ1) is 17.6. The molecule has 0 radical (unpaired) electrons. The number of rotatable bonds is 4. The zero-order valence-corrected chi connectivity index (χ0v) is 13.9. The Balaban J connectivity index is 2.29. The molecule has 0 atom stereocenters. The van der Waals surface area contributed by atoms with Gasteiger partial charge in [-0.15, -0.1) is 0 Å². The summed E-state index contributed by atoms with van der Waals surface area (Å²) >= 11 is 0. The van der Waals surface area contributed by atoms with Gasteiger partial charge in [0.05, 0.1) is 17.2 Å². The molecule has 3 aromatic rings. The van der Waals surface area contributed by atoms with Crippen LogP contribution in [0.5, 0.6) is 5.75 Å². The van der Waals surface area contributed by atoms with Crippen molar-refractivity contribution in [3.63, 3.8) is 0 Å². The molecule has 1 heterocycles. The zero-order valence-electron chi connectivity index (χ0n) is 13.9. The average molecular weight is 357 g/mol. The lowest BCUT2D eigenvalue weighted by molar-refractivity contribution is 0.0453. The Hall–Kier alpha value is -3.24. The van der Waals surface area contributed by atoms with Gasteiger partial charge >= 0.3 is 5.63 Å². The van der Waals surface area contributed by atoms with Crippen LogP contribution in [0.25, 0.3) is 22.1 Å². The van der Waals surface area contributed by atoms with Crippen LogP contribution >= 0.6 is 0 Å². The Morgan fingerprint density at radius 3 is 2.73 bits per heavy atom. The van der Waals surface area contributed by atoms with Crippen LogP contribution in [0.2, 0.25) is 0 Å². The Morgan fingerprint density at radius 2 is 2.04 bits per heavy atom. The summed E-state index contributed by atoms with van der Waals surface area (Å²) in [5.74, 6) is -2.74. The van der Waals surface area contributed by atoms with Gasteiger partial charge in [0.1, 0.15) is 0 Å². The van der Waals surface area contributed by atoms with Gasteiger partial charge in [-0.25, -0.2) is 9.18 Å². The molecule has 0 unspecified atom stereocenters. The van der Waals surface area contributed by atoms with Crippen molar-refractivity contribution in [2.45, 2.75) is 6.92 Å². The largest absolute Gasteiger partial charge is 0.461 e. The summed E-state index contributed by atoms with van der Waals surface area (Å²) in [6, 6.07) is 9.34. The van der Waals surface area contributed by atoms with E-state index in [-0.39, 0.29) is 17.7 Å². The van der Waals surface area contributed by atoms with E-state index < -0.39 is 28.6 Å². The number of halogens is 2. The van der Waals surface area contributed by atoms with E-state index in [0.29, 0.717) is 16.7 Å². The van der Waals surface area contributed by atoms with Gasteiger partial charge in [0.2, 0.25) is 5.82 Å². The number of benzene rings is 2. The molecule has 5 nitrogen and oxygen atoms in total. The zero-order chi connectivity index (χ0) is 18.8. The third-order valence-corrected chi connectivity index (χ3v) is 3.91. The van der Waals surface area contributed by atoms with E-state index in [1.807, 2.05) is 6.07 Å². The molecule has 0 amide bonds. The fraction of sp³-hybridized carbons (Fsp3) is 0.158. The van der Waals surface area contributed by atoms with Crippen molar-refractivity contribution in [3.05, 3.63) is 63.5 Å². The predicted octanol–water partition coefficient (Wildman–Crippen LogP) is 3.90. The van der Waals surface area contributed by atoms with Crippen LogP contribution in [0, 0.1) is 29.9 Å². The number of fused-ring (bicyclic) bond motifs is 1. The van der Waals surface area contributed by atoms with E-state index in [0.717, 1.165) is 6.07 Å². The smallest absolute Gasteiger partial charge is 0.344 e. The monoisotopic (exact) mass is 357 g/mol. The SMILES string of the molecule is COCOc1c(F)cc2c(C)c(-c3cccc(C#N)c3)c(=O)oc2c1F. The second-order valence-corrected chi connectivity index (χ2v) is 5.51. The van der Waals surface area contributed by atoms with Gasteiger partial charge in [-0.3, -0.25) is 0 Å². The molecular formula is C19H13F2NO4. The maximum absolute atomic E-state index is 14.6. The third kappa shape index (κ3) is 2.91. The van der Waals surface area contributed by atoms with E-state index in [1.54, 1.807) is 25.1 Å². The van der Waals surface area contributed by atoms with Gasteiger partial charge in [-0.1, -0.05) is 12.1 Å². The van der Waals surface area contributed by atoms with Crippen LogP contribution in [0.1, 0.15) is 11.1 Å². The van der Waals surface area contributed by atoms with Crippen LogP contribution in [0.3, 0.4) is 0 Å². The second kappa shape index (κ2) is 6.94. The number of methoxy groups -OCH3 is 1. The Labute approximate surface area is 147 Å². The summed E-state index contributed by atoms with van der Waals surface area (Å²) in [6.45, 7) is 1.20. The van der Waals surface area contributed by atoms with Gasteiger partial charge in [-0.2, -0.15) is 9.65 Å². The van der Waals surface area contributed by atoms with Crippen LogP contribution in [0.15, 0.2) is 39.5 Å². The van der Waals surface area contributed by atoms with E-state index in [9.17, 15) is 13.6 Å². The van der Waals surface area contributed by atoms with Crippen molar-refractivity contribution in [2.24, 2.45) is 0 Å². The first-order valence-electron chi connectivity index (χ1n) is 7.55. The normalized spacial score (nSPS) is 10.7. The lowest BCUT2D eigenvalue weighted by Crippen LogP contribution is -2.09. The number of hydrogen-bond donors (Lipinski definition) is 0. The molecule has 7 heteroatoms. The van der Waals surface area contributed by atoms with Crippen molar-refractivity contribution >= 4 is 11.0 Å². The van der Waals surface area contributed by atoms with E-state index in [4.69, 9.17) is 14.4 Å². The van der Waals surface area contributed by atoms with Gasteiger partial charge in [0.15, 0.2) is 23.9 Å². The standard InChI is InChI=1S/C19H13F2NO4/c1-10-13-7-14(20)18(25-9-24-2)16(21)17(13)26-19(23)15(10)12-5-3-4-11(6-12)8-22/h3-7H,9H2,1-2H3. The Bertz CT molecular complexity index is 1100. The molecule has 1 aromatic heterocycles. The highest BCUT2D eigenvalue weighted by Crippen LogP contribution is 2.34. The molecule has 0 fully saturated rings. The van der Waals surface area contributed by atoms with Gasteiger partial charge in [0.25, 0.3) is 0 Å². The van der Waals surface area contributed by atoms with Gasteiger partial charge in [-0.05, 0) is 36.2 Å². The third-order valence-electron chi connectivity index (χ3n) is 3.91. The summed E-state index contributed by atoms with van der Waals surface area (Å²) in [4.78, 5) is 12.4. The summed E-state index contributed by atoms with van der Waals surface area (Å²) in [7, 11) is 1.31. The van der Waals surface area contributed by atoms with Crippen molar-refractivity contribution in [1.29, 1.82) is 5.26 Å². The number of hydrogen-bond acceptors (Lipinski definition) is 5. The average Bonchev–Trinajstić information content (AvgIpc) is 2.63. The first-order chi connectivity index (χ1) is 12.5. The molecule has 2 aromatic carbocycles. The van der Waals surface area contributed by atoms with Crippen LogP contribution < -0.4 is 10.4 Å². The maximum atomic E-state index is 14.6. The molecule has 3 rings (SSSR count). The predicted molar refractivity (Wildman–Crippen MR) is 89.8 cm³/mol. The van der Waals surface area contributed by atoms with Crippen molar-refractivity contribution in [1.82, 2.24) is 0 Å². The minimum Gasteiger partial charge on any atom is -0.461 e. The molecule has 26 heavy (non-hydrogen) atoms. The number of aryl methyl sites for hydroxylation is 1. The quantitative estimate of drug-likeness (QED) is 0.523. The topological polar surface area (TPSA) is 72.5 Å². The minimum atomic E-state index is -1.12. The highest BCUT2D eigenvalue weighted by molar-refractivity contribution is 5.88. The van der Waals surface area contributed by atoms with E-state index >= 15 is 0 Å². The van der Waals surface area contributed by atoms with Gasteiger partial charge < -0.3 is 13.9 Å². The highest BCUT2D eigenvalue weighted by Gasteiger charge is 2.22. The second-order valence-electron chi connectivity index (χ2n) is 5.51. The number of ether oxygens (including phenoxy) is 2. The van der Waals surface area contributed by atoms with E-state index in [1.165, 1.54) is 13.2 Å². The molecular weight excluding hydrogens is 344 g/mol. The first-order valence-corrected chi connectivity index (χ1v) is 7.55. The molecule has 132 valence electrons. The van der Waals surface area contributed by atoms with Crippen molar-refractivity contribution < 1.29 is 22.7 Å². The van der Waals surface area contributed by atoms with Crippen LogP contribution in [0.4, 0.5) is 8.78 Å². The summed E-state index contributed by atoms with van der Waals surface area (Å²) < 4.78 is 43.4. The molecule has 0 N–H and O–H groups in total. The molecule has 0 aliphatic heterocycles. The molecule has 0 bridgehead atoms. The van der Waals surface area contributed by atoms with Crippen LogP contribution in [-0.2, 0) is 4.74 Å². The summed E-state index contributed by atoms with van der Waals surface area (Å²) in [5, 5.41) is 9.12. The number of nitriles is 1. The minimum absolute atomic E-state index is 0.0988. The molecule has 0 aliphatic rings. The maximum Gasteiger partial charge on any atom is 0.344 e. The van der Waals surface area contributed by atoms with Gasteiger partial charge in [0, 0.05) is 12.5 Å².